The fourth-order valence-corrected chi connectivity index (χ4v) is 2.64. The molecule has 0 aliphatic heterocycles. The molecular weight excluding hydrogens is 347 g/mol. The fraction of sp³-hybridized carbons (Fsp3) is 0.0526. The van der Waals surface area contributed by atoms with Crippen molar-refractivity contribution in [1.29, 1.82) is 5.26 Å². The quantitative estimate of drug-likeness (QED) is 0.593. The lowest BCUT2D eigenvalue weighted by Gasteiger charge is -2.11. The number of nitrogens with zero attached hydrogens (tertiary/aromatic N) is 5. The maximum Gasteiger partial charge on any atom is 0.180 e. The number of fused-ring (bicyclic) bond motifs is 1. The molecule has 0 aliphatic carbocycles. The van der Waals surface area contributed by atoms with Crippen molar-refractivity contribution in [3.8, 4) is 17.6 Å². The van der Waals surface area contributed by atoms with Crippen LogP contribution in [-0.2, 0) is 7.05 Å². The number of ether oxygens (including phenoxy) is 1. The molecule has 0 atom stereocenters. The summed E-state index contributed by atoms with van der Waals surface area (Å²) in [4.78, 5) is 8.51. The van der Waals surface area contributed by atoms with E-state index in [-0.39, 0.29) is 11.3 Å². The molecule has 0 amide bonds. The van der Waals surface area contributed by atoms with Gasteiger partial charge in [0, 0.05) is 18.5 Å². The van der Waals surface area contributed by atoms with Crippen molar-refractivity contribution in [2.24, 2.45) is 7.05 Å². The summed E-state index contributed by atoms with van der Waals surface area (Å²) in [5.41, 5.74) is 0.809. The van der Waals surface area contributed by atoms with E-state index in [0.29, 0.717) is 22.5 Å². The standard InChI is InChI=1S/C19H13FN6O/c1-26-17(7-8-24-26)25-19-14-9-13(5-6-16(14)22-11-23-19)27-18-12(10-21)3-2-4-15(18)20/h2-9,11H,1H3,(H,22,23,25). The second-order valence-corrected chi connectivity index (χ2v) is 5.70. The number of rotatable bonds is 4. The van der Waals surface area contributed by atoms with Gasteiger partial charge in [0.05, 0.1) is 17.3 Å². The number of para-hydroxylation sites is 1. The first kappa shape index (κ1) is 16.5. The van der Waals surface area contributed by atoms with E-state index in [0.717, 1.165) is 5.82 Å². The van der Waals surface area contributed by atoms with Crippen molar-refractivity contribution in [2.75, 3.05) is 5.32 Å². The average Bonchev–Trinajstić information content (AvgIpc) is 3.08. The third kappa shape index (κ3) is 3.14. The van der Waals surface area contributed by atoms with Crippen LogP contribution in [0.3, 0.4) is 0 Å². The van der Waals surface area contributed by atoms with Crippen LogP contribution >= 0.6 is 0 Å². The third-order valence-corrected chi connectivity index (χ3v) is 3.98. The summed E-state index contributed by atoms with van der Waals surface area (Å²) in [5, 5.41) is 17.2. The molecule has 0 saturated carbocycles. The Bertz CT molecular complexity index is 1180. The zero-order valence-corrected chi connectivity index (χ0v) is 14.2. The molecule has 0 fully saturated rings. The van der Waals surface area contributed by atoms with Gasteiger partial charge in [-0.1, -0.05) is 6.07 Å². The highest BCUT2D eigenvalue weighted by molar-refractivity contribution is 5.91. The molecule has 0 saturated heterocycles. The minimum atomic E-state index is -0.605. The van der Waals surface area contributed by atoms with Gasteiger partial charge >= 0.3 is 0 Å². The first-order chi connectivity index (χ1) is 13.2. The first-order valence-electron chi connectivity index (χ1n) is 8.02. The maximum absolute atomic E-state index is 14.1. The molecule has 2 aromatic carbocycles. The minimum absolute atomic E-state index is 0.114. The van der Waals surface area contributed by atoms with Gasteiger partial charge in [-0.2, -0.15) is 10.4 Å². The number of nitrogens with one attached hydrogen (secondary N) is 1. The van der Waals surface area contributed by atoms with Crippen LogP contribution in [-0.4, -0.2) is 19.7 Å². The van der Waals surface area contributed by atoms with Gasteiger partial charge in [-0.25, -0.2) is 14.4 Å². The van der Waals surface area contributed by atoms with E-state index in [1.807, 2.05) is 19.2 Å². The van der Waals surface area contributed by atoms with Crippen molar-refractivity contribution < 1.29 is 9.13 Å². The molecule has 4 aromatic rings. The van der Waals surface area contributed by atoms with E-state index in [4.69, 9.17) is 4.74 Å². The number of benzene rings is 2. The van der Waals surface area contributed by atoms with Crippen LogP contribution in [0.4, 0.5) is 16.0 Å². The SMILES string of the molecule is Cn1nccc1Nc1ncnc2ccc(Oc3c(F)cccc3C#N)cc12. The Labute approximate surface area is 153 Å². The molecule has 27 heavy (non-hydrogen) atoms. The van der Waals surface area contributed by atoms with Gasteiger partial charge in [0.1, 0.15) is 29.8 Å². The molecule has 0 spiro atoms. The lowest BCUT2D eigenvalue weighted by Crippen LogP contribution is -2.02. The summed E-state index contributed by atoms with van der Waals surface area (Å²) >= 11 is 0. The molecule has 7 nitrogen and oxygen atoms in total. The van der Waals surface area contributed by atoms with Gasteiger partial charge < -0.3 is 10.1 Å². The Hall–Kier alpha value is -3.99. The smallest absolute Gasteiger partial charge is 0.180 e. The van der Waals surface area contributed by atoms with Crippen LogP contribution in [0.1, 0.15) is 5.56 Å². The van der Waals surface area contributed by atoms with Gasteiger partial charge in [0.25, 0.3) is 0 Å². The number of hydrogen-bond acceptors (Lipinski definition) is 6. The third-order valence-electron chi connectivity index (χ3n) is 3.98. The molecule has 0 aliphatic rings. The maximum atomic E-state index is 14.1. The van der Waals surface area contributed by atoms with E-state index < -0.39 is 5.82 Å². The second kappa shape index (κ2) is 6.72. The molecule has 2 heterocycles. The van der Waals surface area contributed by atoms with Crippen molar-refractivity contribution in [1.82, 2.24) is 19.7 Å². The van der Waals surface area contributed by atoms with Gasteiger partial charge in [-0.15, -0.1) is 0 Å². The summed E-state index contributed by atoms with van der Waals surface area (Å²) in [5.74, 6) is 0.960. The highest BCUT2D eigenvalue weighted by Crippen LogP contribution is 2.32. The zero-order valence-electron chi connectivity index (χ0n) is 14.2. The van der Waals surface area contributed by atoms with Gasteiger partial charge in [-0.3, -0.25) is 4.68 Å². The highest BCUT2D eigenvalue weighted by Gasteiger charge is 2.13. The average molecular weight is 360 g/mol. The molecule has 4 rings (SSSR count). The molecule has 0 unspecified atom stereocenters. The monoisotopic (exact) mass is 360 g/mol. The lowest BCUT2D eigenvalue weighted by atomic mass is 10.2. The fourth-order valence-electron chi connectivity index (χ4n) is 2.64. The van der Waals surface area contributed by atoms with E-state index in [9.17, 15) is 9.65 Å². The number of aromatic nitrogens is 4. The normalized spacial score (nSPS) is 10.6. The predicted molar refractivity (Wildman–Crippen MR) is 97.2 cm³/mol. The van der Waals surface area contributed by atoms with Crippen LogP contribution in [0.25, 0.3) is 10.9 Å². The molecule has 0 bridgehead atoms. The molecule has 0 radical (unpaired) electrons. The Balaban J connectivity index is 1.75. The van der Waals surface area contributed by atoms with E-state index in [1.165, 1.54) is 24.5 Å². The number of anilines is 2. The van der Waals surface area contributed by atoms with Gasteiger partial charge in [-0.05, 0) is 30.3 Å². The molecular formula is C19H13FN6O. The van der Waals surface area contributed by atoms with Gasteiger partial charge in [0.2, 0.25) is 0 Å². The van der Waals surface area contributed by atoms with Crippen molar-refractivity contribution in [3.63, 3.8) is 0 Å². The predicted octanol–water partition coefficient (Wildman–Crippen LogP) is 3.91. The largest absolute Gasteiger partial charge is 0.453 e. The van der Waals surface area contributed by atoms with Crippen molar-refractivity contribution in [3.05, 3.63) is 66.4 Å². The summed E-state index contributed by atoms with van der Waals surface area (Å²) in [6.45, 7) is 0. The zero-order chi connectivity index (χ0) is 18.8. The summed E-state index contributed by atoms with van der Waals surface area (Å²) in [6, 6.07) is 13.1. The summed E-state index contributed by atoms with van der Waals surface area (Å²) in [7, 11) is 1.81. The molecule has 132 valence electrons. The van der Waals surface area contributed by atoms with Crippen LogP contribution in [0.15, 0.2) is 55.0 Å². The molecule has 1 N–H and O–H groups in total. The Morgan fingerprint density at radius 1 is 1.19 bits per heavy atom. The van der Waals surface area contributed by atoms with E-state index in [2.05, 4.69) is 20.4 Å². The number of aryl methyl sites for hydroxylation is 1. The Morgan fingerprint density at radius 3 is 2.85 bits per heavy atom. The lowest BCUT2D eigenvalue weighted by molar-refractivity contribution is 0.441. The summed E-state index contributed by atoms with van der Waals surface area (Å²) < 4.78 is 21.4. The van der Waals surface area contributed by atoms with E-state index >= 15 is 0 Å². The minimum Gasteiger partial charge on any atom is -0.453 e. The van der Waals surface area contributed by atoms with E-state index in [1.54, 1.807) is 29.1 Å². The number of halogens is 1. The van der Waals surface area contributed by atoms with Crippen LogP contribution in [0.2, 0.25) is 0 Å². The van der Waals surface area contributed by atoms with Crippen LogP contribution in [0.5, 0.6) is 11.5 Å². The second-order valence-electron chi connectivity index (χ2n) is 5.70. The van der Waals surface area contributed by atoms with Crippen LogP contribution in [0, 0.1) is 17.1 Å². The number of nitriles is 1. The Morgan fingerprint density at radius 2 is 2.07 bits per heavy atom. The highest BCUT2D eigenvalue weighted by atomic mass is 19.1. The first-order valence-corrected chi connectivity index (χ1v) is 8.02. The van der Waals surface area contributed by atoms with Gasteiger partial charge in [0.15, 0.2) is 11.6 Å². The summed E-state index contributed by atoms with van der Waals surface area (Å²) in [6.07, 6.45) is 3.12. The van der Waals surface area contributed by atoms with Crippen molar-refractivity contribution >= 4 is 22.5 Å². The number of hydrogen-bond donors (Lipinski definition) is 1. The van der Waals surface area contributed by atoms with Crippen LogP contribution < -0.4 is 10.1 Å². The topological polar surface area (TPSA) is 88.7 Å². The van der Waals surface area contributed by atoms with Crippen molar-refractivity contribution in [2.45, 2.75) is 0 Å². The molecule has 8 heteroatoms. The Kier molecular flexibility index (Phi) is 4.10. The molecule has 2 aromatic heterocycles.